The van der Waals surface area contributed by atoms with Crippen LogP contribution >= 0.6 is 0 Å². The van der Waals surface area contributed by atoms with Crippen molar-refractivity contribution < 1.29 is 9.41 Å². The van der Waals surface area contributed by atoms with E-state index in [1.54, 1.807) is 11.6 Å². The van der Waals surface area contributed by atoms with Gasteiger partial charge in [0.1, 0.15) is 6.04 Å². The molecule has 0 fully saturated rings. The Labute approximate surface area is 95.2 Å². The van der Waals surface area contributed by atoms with Gasteiger partial charge >= 0.3 is 5.82 Å². The lowest BCUT2D eigenvalue weighted by Gasteiger charge is -2.34. The summed E-state index contributed by atoms with van der Waals surface area (Å²) in [4.78, 5) is 14.3. The van der Waals surface area contributed by atoms with Crippen LogP contribution in [0.2, 0.25) is 0 Å². The van der Waals surface area contributed by atoms with Crippen molar-refractivity contribution in [1.29, 1.82) is 0 Å². The molecule has 0 spiro atoms. The van der Waals surface area contributed by atoms with E-state index in [1.165, 1.54) is 6.33 Å². The van der Waals surface area contributed by atoms with Gasteiger partial charge in [-0.1, -0.05) is 0 Å². The highest BCUT2D eigenvalue weighted by Gasteiger charge is 2.34. The Morgan fingerprint density at radius 3 is 2.62 bits per heavy atom. The molecule has 1 heterocycles. The average Bonchev–Trinajstić information content (AvgIpc) is 2.59. The molecule has 1 aromatic heterocycles. The van der Waals surface area contributed by atoms with Crippen LogP contribution in [0.5, 0.6) is 0 Å². The molecule has 0 aromatic carbocycles. The van der Waals surface area contributed by atoms with E-state index in [1.807, 2.05) is 6.92 Å². The number of nitro groups is 1. The highest BCUT2D eigenvalue weighted by molar-refractivity contribution is 5.28. The molecule has 0 amide bonds. The van der Waals surface area contributed by atoms with Gasteiger partial charge in [0.2, 0.25) is 6.33 Å². The van der Waals surface area contributed by atoms with E-state index in [9.17, 15) is 10.1 Å². The van der Waals surface area contributed by atoms with E-state index < -0.39 is 4.92 Å². The monoisotopic (exact) mass is 227 g/mol. The molecule has 6 nitrogen and oxygen atoms in total. The smallest absolute Gasteiger partial charge is 0.358 e. The van der Waals surface area contributed by atoms with Crippen LogP contribution in [0.4, 0.5) is 5.82 Å². The summed E-state index contributed by atoms with van der Waals surface area (Å²) >= 11 is 0. The molecule has 1 aromatic rings. The fourth-order valence-corrected chi connectivity index (χ4v) is 1.65. The number of hydrogen-bond donors (Lipinski definition) is 0. The minimum atomic E-state index is -0.415. The maximum atomic E-state index is 10.9. The molecule has 0 aliphatic heterocycles. The molecule has 0 aliphatic carbocycles. The highest BCUT2D eigenvalue weighted by Crippen LogP contribution is 2.30. The number of nitrogens with zero attached hydrogens (tertiary/aromatic N) is 4. The highest BCUT2D eigenvalue weighted by atomic mass is 16.6. The second-order valence-electron chi connectivity index (χ2n) is 4.59. The molecule has 1 unspecified atom stereocenters. The molecule has 0 saturated heterocycles. The first kappa shape index (κ1) is 12.6. The maximum absolute atomic E-state index is 10.9. The van der Waals surface area contributed by atoms with E-state index in [0.717, 1.165) is 6.54 Å². The zero-order chi connectivity index (χ0) is 12.5. The van der Waals surface area contributed by atoms with Crippen LogP contribution in [0.15, 0.2) is 6.33 Å². The lowest BCUT2D eigenvalue weighted by molar-refractivity contribution is -0.918. The second kappa shape index (κ2) is 4.21. The van der Waals surface area contributed by atoms with Crippen LogP contribution in [0, 0.1) is 10.1 Å². The Kier molecular flexibility index (Phi) is 3.32. The van der Waals surface area contributed by atoms with Crippen LogP contribution < -0.4 is 0 Å². The fourth-order valence-electron chi connectivity index (χ4n) is 1.65. The predicted octanol–water partition coefficient (Wildman–Crippen LogP) is 1.49. The number of imidazole rings is 1. The molecule has 1 atom stereocenters. The van der Waals surface area contributed by atoms with Gasteiger partial charge < -0.3 is 19.2 Å². The van der Waals surface area contributed by atoms with Crippen LogP contribution in [-0.2, 0) is 7.05 Å². The van der Waals surface area contributed by atoms with Crippen molar-refractivity contribution in [3.8, 4) is 0 Å². The Hall–Kier alpha value is -1.43. The summed E-state index contributed by atoms with van der Waals surface area (Å²) in [6.07, 6.45) is 1.50. The van der Waals surface area contributed by atoms with Crippen molar-refractivity contribution >= 4 is 5.82 Å². The Morgan fingerprint density at radius 2 is 2.19 bits per heavy atom. The van der Waals surface area contributed by atoms with Crippen LogP contribution in [0.25, 0.3) is 0 Å². The number of hydrogen-bond acceptors (Lipinski definition) is 3. The van der Waals surface area contributed by atoms with Gasteiger partial charge in [0.15, 0.2) is 5.69 Å². The summed E-state index contributed by atoms with van der Waals surface area (Å²) < 4.78 is 2.43. The van der Waals surface area contributed by atoms with Gasteiger partial charge in [-0.15, -0.1) is 0 Å². The second-order valence-corrected chi connectivity index (χ2v) is 4.59. The molecule has 16 heavy (non-hydrogen) atoms. The van der Waals surface area contributed by atoms with E-state index in [4.69, 9.17) is 0 Å². The third-order valence-corrected chi connectivity index (χ3v) is 3.39. The van der Waals surface area contributed by atoms with Crippen molar-refractivity contribution in [2.24, 2.45) is 7.05 Å². The van der Waals surface area contributed by atoms with Crippen molar-refractivity contribution in [1.82, 2.24) is 9.55 Å². The first-order chi connectivity index (χ1) is 7.31. The molecule has 0 bridgehead atoms. The summed E-state index contributed by atoms with van der Waals surface area (Å²) in [5.74, 6) is -0.0327. The normalized spacial score (nSPS) is 13.8. The molecular weight excluding hydrogens is 208 g/mol. The van der Waals surface area contributed by atoms with Gasteiger partial charge in [-0.05, 0) is 23.8 Å². The SMILES string of the molecule is CC[N+](C)(C)C(C)c1c([N+](=O)[O-])ncn1C. The lowest BCUT2D eigenvalue weighted by Crippen LogP contribution is -2.42. The maximum Gasteiger partial charge on any atom is 0.391 e. The van der Waals surface area contributed by atoms with E-state index in [2.05, 4.69) is 26.0 Å². The van der Waals surface area contributed by atoms with Gasteiger partial charge in [-0.25, -0.2) is 0 Å². The van der Waals surface area contributed by atoms with Gasteiger partial charge in [0.25, 0.3) is 0 Å². The summed E-state index contributed by atoms with van der Waals surface area (Å²) in [6, 6.07) is 0.0397. The van der Waals surface area contributed by atoms with Crippen molar-refractivity contribution in [3.63, 3.8) is 0 Å². The predicted molar refractivity (Wildman–Crippen MR) is 60.9 cm³/mol. The quantitative estimate of drug-likeness (QED) is 0.445. The Bertz CT molecular complexity index is 398. The summed E-state index contributed by atoms with van der Waals surface area (Å²) in [6.45, 7) is 4.97. The van der Waals surface area contributed by atoms with Crippen LogP contribution in [-0.4, -0.2) is 39.6 Å². The van der Waals surface area contributed by atoms with Gasteiger partial charge in [0, 0.05) is 7.05 Å². The van der Waals surface area contributed by atoms with Crippen molar-refractivity contribution in [2.75, 3.05) is 20.6 Å². The summed E-state index contributed by atoms with van der Waals surface area (Å²) in [5, 5.41) is 10.9. The zero-order valence-corrected chi connectivity index (χ0v) is 10.5. The average molecular weight is 227 g/mol. The third kappa shape index (κ3) is 2.06. The minimum absolute atomic E-state index is 0.0327. The third-order valence-electron chi connectivity index (χ3n) is 3.39. The van der Waals surface area contributed by atoms with Crippen LogP contribution in [0.1, 0.15) is 25.6 Å². The summed E-state index contributed by atoms with van der Waals surface area (Å²) in [7, 11) is 5.91. The topological polar surface area (TPSA) is 61.0 Å². The number of aryl methyl sites for hydroxylation is 1. The van der Waals surface area contributed by atoms with Gasteiger partial charge in [-0.2, -0.15) is 0 Å². The van der Waals surface area contributed by atoms with Crippen molar-refractivity contribution in [3.05, 3.63) is 22.1 Å². The van der Waals surface area contributed by atoms with Gasteiger partial charge in [-0.3, -0.25) is 0 Å². The molecule has 0 aliphatic rings. The van der Waals surface area contributed by atoms with E-state index >= 15 is 0 Å². The van der Waals surface area contributed by atoms with Crippen molar-refractivity contribution in [2.45, 2.75) is 19.9 Å². The van der Waals surface area contributed by atoms with Gasteiger partial charge in [0.05, 0.1) is 20.6 Å². The van der Waals surface area contributed by atoms with E-state index in [-0.39, 0.29) is 11.9 Å². The Balaban J connectivity index is 3.22. The number of quaternary nitrogens is 1. The number of rotatable bonds is 4. The molecule has 0 saturated carbocycles. The standard InChI is InChI=1S/C10H19N4O2/c1-6-14(4,5)8(2)9-10(13(15)16)11-7-12(9)3/h7-8H,6H2,1-5H3/q+1. The summed E-state index contributed by atoms with van der Waals surface area (Å²) in [5.41, 5.74) is 0.678. The molecular formula is C10H19N4O2+. The Morgan fingerprint density at radius 1 is 1.62 bits per heavy atom. The fraction of sp³-hybridized carbons (Fsp3) is 0.700. The molecule has 0 N–H and O–H groups in total. The largest absolute Gasteiger partial charge is 0.391 e. The van der Waals surface area contributed by atoms with Crippen LogP contribution in [0.3, 0.4) is 0 Å². The zero-order valence-electron chi connectivity index (χ0n) is 10.5. The molecule has 1 rings (SSSR count). The molecule has 0 radical (unpaired) electrons. The first-order valence-electron chi connectivity index (χ1n) is 5.29. The number of aromatic nitrogens is 2. The molecule has 90 valence electrons. The first-order valence-corrected chi connectivity index (χ1v) is 5.29. The minimum Gasteiger partial charge on any atom is -0.358 e. The van der Waals surface area contributed by atoms with E-state index in [0.29, 0.717) is 10.2 Å². The molecule has 6 heteroatoms. The lowest BCUT2D eigenvalue weighted by atomic mass is 10.1.